The van der Waals surface area contributed by atoms with Crippen molar-refractivity contribution in [2.75, 3.05) is 0 Å². The van der Waals surface area contributed by atoms with Crippen LogP contribution in [0.25, 0.3) is 11.1 Å². The number of aliphatic hydroxyl groups excluding tert-OH is 1. The first-order chi connectivity index (χ1) is 9.54. The minimum absolute atomic E-state index is 0.0427. The van der Waals surface area contributed by atoms with Crippen LogP contribution in [0, 0.1) is 6.92 Å². The van der Waals surface area contributed by atoms with Crippen LogP contribution in [0.2, 0.25) is 10.4 Å². The third kappa shape index (κ3) is 2.35. The summed E-state index contributed by atoms with van der Waals surface area (Å²) in [6, 6.07) is 6.97. The molecule has 0 radical (unpaired) electrons. The molecule has 7 heteroatoms. The average molecular weight is 310 g/mol. The molecule has 0 aliphatic carbocycles. The molecule has 3 aromatic rings. The van der Waals surface area contributed by atoms with Crippen molar-refractivity contribution in [3.05, 3.63) is 51.9 Å². The van der Waals surface area contributed by atoms with Crippen LogP contribution in [0.3, 0.4) is 0 Å². The van der Waals surface area contributed by atoms with Crippen molar-refractivity contribution in [3.8, 4) is 0 Å². The van der Waals surface area contributed by atoms with Crippen LogP contribution in [0.4, 0.5) is 0 Å². The highest BCUT2D eigenvalue weighted by Crippen LogP contribution is 2.27. The molecule has 2 heterocycles. The van der Waals surface area contributed by atoms with Gasteiger partial charge in [0, 0.05) is 6.07 Å². The fourth-order valence-corrected chi connectivity index (χ4v) is 2.32. The van der Waals surface area contributed by atoms with Crippen molar-refractivity contribution in [1.29, 1.82) is 0 Å². The van der Waals surface area contributed by atoms with Gasteiger partial charge >= 0.3 is 0 Å². The Kier molecular flexibility index (Phi) is 3.33. The maximum Gasteiger partial charge on any atom is 0.230 e. The smallest absolute Gasteiger partial charge is 0.230 e. The zero-order chi connectivity index (χ0) is 14.3. The zero-order valence-electron chi connectivity index (χ0n) is 10.3. The van der Waals surface area contributed by atoms with Gasteiger partial charge in [0.2, 0.25) is 11.2 Å². The Labute approximate surface area is 124 Å². The Hall–Kier alpha value is -1.69. The van der Waals surface area contributed by atoms with Crippen molar-refractivity contribution >= 4 is 34.3 Å². The van der Waals surface area contributed by atoms with E-state index in [0.717, 1.165) is 5.56 Å². The molecule has 102 valence electrons. The lowest BCUT2D eigenvalue weighted by atomic mass is 10.2. The number of halogens is 2. The monoisotopic (exact) mass is 309 g/mol. The summed E-state index contributed by atoms with van der Waals surface area (Å²) in [6.45, 7) is 1.92. The third-order valence-corrected chi connectivity index (χ3v) is 3.20. The van der Waals surface area contributed by atoms with Crippen molar-refractivity contribution in [2.24, 2.45) is 0 Å². The number of rotatable bonds is 2. The van der Waals surface area contributed by atoms with Crippen molar-refractivity contribution < 1.29 is 9.52 Å². The summed E-state index contributed by atoms with van der Waals surface area (Å²) in [5.74, 6) is 0.139. The SMILES string of the molecule is Cc1cccc2oc(C(O)c3cc(Cl)nc(Cl)n3)nc12. The zero-order valence-corrected chi connectivity index (χ0v) is 11.9. The summed E-state index contributed by atoms with van der Waals surface area (Å²) in [6.07, 6.45) is -1.15. The van der Waals surface area contributed by atoms with Crippen LogP contribution in [-0.4, -0.2) is 20.1 Å². The van der Waals surface area contributed by atoms with Gasteiger partial charge in [-0.15, -0.1) is 0 Å². The molecule has 1 N–H and O–H groups in total. The summed E-state index contributed by atoms with van der Waals surface area (Å²) in [7, 11) is 0. The molecule has 0 aliphatic heterocycles. The predicted octanol–water partition coefficient (Wildman–Crippen LogP) is 3.31. The topological polar surface area (TPSA) is 72.0 Å². The maximum absolute atomic E-state index is 10.3. The lowest BCUT2D eigenvalue weighted by Gasteiger charge is -2.06. The van der Waals surface area contributed by atoms with Crippen LogP contribution in [0.15, 0.2) is 28.7 Å². The van der Waals surface area contributed by atoms with Gasteiger partial charge in [-0.3, -0.25) is 0 Å². The number of hydrogen-bond donors (Lipinski definition) is 1. The highest BCUT2D eigenvalue weighted by Gasteiger charge is 2.20. The average Bonchev–Trinajstić information content (AvgIpc) is 2.82. The van der Waals surface area contributed by atoms with E-state index >= 15 is 0 Å². The second-order valence-electron chi connectivity index (χ2n) is 4.26. The van der Waals surface area contributed by atoms with Gasteiger partial charge in [-0.25, -0.2) is 15.0 Å². The summed E-state index contributed by atoms with van der Waals surface area (Å²) in [4.78, 5) is 11.9. The van der Waals surface area contributed by atoms with Gasteiger partial charge in [0.25, 0.3) is 0 Å². The molecule has 0 spiro atoms. The lowest BCUT2D eigenvalue weighted by molar-refractivity contribution is 0.181. The van der Waals surface area contributed by atoms with Gasteiger partial charge < -0.3 is 9.52 Å². The van der Waals surface area contributed by atoms with E-state index in [9.17, 15) is 5.11 Å². The fraction of sp³-hybridized carbons (Fsp3) is 0.154. The first-order valence-electron chi connectivity index (χ1n) is 5.78. The van der Waals surface area contributed by atoms with E-state index in [0.29, 0.717) is 11.1 Å². The first kappa shape index (κ1) is 13.3. The van der Waals surface area contributed by atoms with E-state index in [1.165, 1.54) is 6.07 Å². The van der Waals surface area contributed by atoms with Gasteiger partial charge in [0.15, 0.2) is 11.7 Å². The molecule has 0 saturated heterocycles. The quantitative estimate of drug-likeness (QED) is 0.581. The number of benzene rings is 1. The van der Waals surface area contributed by atoms with Crippen LogP contribution < -0.4 is 0 Å². The molecular weight excluding hydrogens is 301 g/mol. The first-order valence-corrected chi connectivity index (χ1v) is 6.54. The highest BCUT2D eigenvalue weighted by molar-refractivity contribution is 6.31. The molecule has 0 bridgehead atoms. The summed E-state index contributed by atoms with van der Waals surface area (Å²) in [5, 5.41) is 10.4. The van der Waals surface area contributed by atoms with Gasteiger partial charge in [-0.1, -0.05) is 23.7 Å². The Bertz CT molecular complexity index is 768. The minimum Gasteiger partial charge on any atom is -0.437 e. The number of aliphatic hydroxyl groups is 1. The second kappa shape index (κ2) is 5.01. The third-order valence-electron chi connectivity index (χ3n) is 2.84. The highest BCUT2D eigenvalue weighted by atomic mass is 35.5. The summed E-state index contributed by atoms with van der Waals surface area (Å²) >= 11 is 11.5. The largest absolute Gasteiger partial charge is 0.437 e. The van der Waals surface area contributed by atoms with Crippen molar-refractivity contribution in [3.63, 3.8) is 0 Å². The Morgan fingerprint density at radius 1 is 1.20 bits per heavy atom. The normalized spacial score (nSPS) is 12.8. The number of hydrogen-bond acceptors (Lipinski definition) is 5. The predicted molar refractivity (Wildman–Crippen MR) is 74.9 cm³/mol. The standard InChI is InChI=1S/C13H9Cl2N3O2/c1-6-3-2-4-8-10(6)18-12(20-8)11(19)7-5-9(14)17-13(15)16-7/h2-5,11,19H,1H3. The number of oxazole rings is 1. The number of para-hydroxylation sites is 1. The molecule has 0 aliphatic rings. The number of aromatic nitrogens is 3. The Morgan fingerprint density at radius 3 is 2.70 bits per heavy atom. The molecule has 5 nitrogen and oxygen atoms in total. The summed E-state index contributed by atoms with van der Waals surface area (Å²) < 4.78 is 5.54. The molecule has 20 heavy (non-hydrogen) atoms. The van der Waals surface area contributed by atoms with Crippen LogP contribution in [0.1, 0.15) is 23.3 Å². The summed E-state index contributed by atoms with van der Waals surface area (Å²) in [5.41, 5.74) is 2.50. The van der Waals surface area contributed by atoms with Gasteiger partial charge in [-0.2, -0.15) is 0 Å². The van der Waals surface area contributed by atoms with Crippen LogP contribution >= 0.6 is 23.2 Å². The molecule has 1 unspecified atom stereocenters. The van der Waals surface area contributed by atoms with E-state index in [2.05, 4.69) is 15.0 Å². The molecule has 1 aromatic carbocycles. The second-order valence-corrected chi connectivity index (χ2v) is 4.99. The molecule has 1 atom stereocenters. The van der Waals surface area contributed by atoms with Crippen molar-refractivity contribution in [2.45, 2.75) is 13.0 Å². The van der Waals surface area contributed by atoms with Gasteiger partial charge in [-0.05, 0) is 30.2 Å². The van der Waals surface area contributed by atoms with E-state index in [4.69, 9.17) is 27.6 Å². The van der Waals surface area contributed by atoms with E-state index in [-0.39, 0.29) is 22.0 Å². The van der Waals surface area contributed by atoms with E-state index in [1.807, 2.05) is 19.1 Å². The van der Waals surface area contributed by atoms with E-state index < -0.39 is 6.10 Å². The Balaban J connectivity index is 2.07. The molecule has 0 amide bonds. The van der Waals surface area contributed by atoms with Crippen LogP contribution in [0.5, 0.6) is 0 Å². The number of fused-ring (bicyclic) bond motifs is 1. The van der Waals surface area contributed by atoms with Gasteiger partial charge in [0.05, 0.1) is 5.69 Å². The van der Waals surface area contributed by atoms with Crippen LogP contribution in [-0.2, 0) is 0 Å². The molecule has 0 fully saturated rings. The molecular formula is C13H9Cl2N3O2. The minimum atomic E-state index is -1.15. The Morgan fingerprint density at radius 2 is 2.00 bits per heavy atom. The number of nitrogens with zero attached hydrogens (tertiary/aromatic N) is 3. The maximum atomic E-state index is 10.3. The number of aryl methyl sites for hydroxylation is 1. The molecule has 0 saturated carbocycles. The fourth-order valence-electron chi connectivity index (χ4n) is 1.89. The van der Waals surface area contributed by atoms with Crippen molar-refractivity contribution in [1.82, 2.24) is 15.0 Å². The van der Waals surface area contributed by atoms with Gasteiger partial charge in [0.1, 0.15) is 10.7 Å². The molecule has 2 aromatic heterocycles. The lowest BCUT2D eigenvalue weighted by Crippen LogP contribution is -2.04. The molecule has 3 rings (SSSR count). The van der Waals surface area contributed by atoms with E-state index in [1.54, 1.807) is 6.07 Å².